The van der Waals surface area contributed by atoms with Crippen molar-refractivity contribution < 1.29 is 14.6 Å². The van der Waals surface area contributed by atoms with Crippen LogP contribution in [-0.2, 0) is 0 Å². The molecule has 2 heterocycles. The molecule has 0 aliphatic rings. The van der Waals surface area contributed by atoms with Crippen molar-refractivity contribution >= 4 is 45.8 Å². The van der Waals surface area contributed by atoms with E-state index in [-0.39, 0.29) is 17.1 Å². The Balaban J connectivity index is 1.63. The first-order valence-corrected chi connectivity index (χ1v) is 11.0. The van der Waals surface area contributed by atoms with Gasteiger partial charge in [-0.15, -0.1) is 0 Å². The molecule has 9 heteroatoms. The molecule has 0 spiro atoms. The maximum atomic E-state index is 13.3. The van der Waals surface area contributed by atoms with Gasteiger partial charge in [0, 0.05) is 5.69 Å². The molecule has 0 radical (unpaired) electrons. The third-order valence-electron chi connectivity index (χ3n) is 5.34. The zero-order valence-electron chi connectivity index (χ0n) is 18.8. The number of anilines is 2. The van der Waals surface area contributed by atoms with Crippen LogP contribution in [0.1, 0.15) is 22.8 Å². The average molecular weight is 467 g/mol. The van der Waals surface area contributed by atoms with Crippen LogP contribution < -0.4 is 15.8 Å². The normalized spacial score (nSPS) is 11.3. The molecule has 35 heavy (non-hydrogen) atoms. The highest BCUT2D eigenvalue weighted by Crippen LogP contribution is 2.29. The van der Waals surface area contributed by atoms with Crippen LogP contribution in [0.2, 0.25) is 0 Å². The van der Waals surface area contributed by atoms with Crippen molar-refractivity contribution in [3.63, 3.8) is 0 Å². The lowest BCUT2D eigenvalue weighted by Crippen LogP contribution is -2.14. The molecule has 0 fully saturated rings. The van der Waals surface area contributed by atoms with Crippen molar-refractivity contribution in [2.24, 2.45) is 5.10 Å². The highest BCUT2D eigenvalue weighted by molar-refractivity contribution is 6.16. The van der Waals surface area contributed by atoms with Crippen LogP contribution in [0, 0.1) is 0 Å². The SMILES string of the molecule is CCOc1cc(/C=N/n2c(N)c(C(=O)Nc3ccccc3)c3nc4ccccc4nc32)ccc1O. The van der Waals surface area contributed by atoms with Gasteiger partial charge in [-0.2, -0.15) is 9.78 Å². The summed E-state index contributed by atoms with van der Waals surface area (Å²) in [7, 11) is 0. The Labute approximate surface area is 200 Å². The maximum Gasteiger partial charge on any atom is 0.261 e. The van der Waals surface area contributed by atoms with Crippen molar-refractivity contribution in [3.05, 3.63) is 83.9 Å². The van der Waals surface area contributed by atoms with E-state index in [1.54, 1.807) is 30.5 Å². The van der Waals surface area contributed by atoms with E-state index >= 15 is 0 Å². The van der Waals surface area contributed by atoms with Crippen LogP contribution in [-0.4, -0.2) is 38.5 Å². The van der Waals surface area contributed by atoms with E-state index in [1.807, 2.05) is 49.4 Å². The Morgan fingerprint density at radius 3 is 2.54 bits per heavy atom. The first kappa shape index (κ1) is 21.9. The number of nitrogens with zero attached hydrogens (tertiary/aromatic N) is 4. The number of rotatable bonds is 6. The molecule has 3 aromatic carbocycles. The highest BCUT2D eigenvalue weighted by Gasteiger charge is 2.24. The Morgan fingerprint density at radius 1 is 1.09 bits per heavy atom. The fraction of sp³-hybridized carbons (Fsp3) is 0.0769. The average Bonchev–Trinajstić information content (AvgIpc) is 3.13. The number of nitrogens with one attached hydrogen (secondary N) is 1. The number of nitrogens with two attached hydrogens (primary N) is 1. The van der Waals surface area contributed by atoms with Gasteiger partial charge in [-0.05, 0) is 55.0 Å². The number of nitrogen functional groups attached to an aromatic ring is 1. The number of phenolic OH excluding ortho intramolecular Hbond substituents is 1. The van der Waals surface area contributed by atoms with Crippen molar-refractivity contribution in [2.75, 3.05) is 17.7 Å². The van der Waals surface area contributed by atoms with Crippen LogP contribution in [0.25, 0.3) is 22.2 Å². The fourth-order valence-electron chi connectivity index (χ4n) is 3.71. The van der Waals surface area contributed by atoms with Gasteiger partial charge in [0.15, 0.2) is 17.1 Å². The van der Waals surface area contributed by atoms with Gasteiger partial charge < -0.3 is 20.9 Å². The first-order valence-electron chi connectivity index (χ1n) is 11.0. The van der Waals surface area contributed by atoms with Gasteiger partial charge in [0.25, 0.3) is 5.91 Å². The van der Waals surface area contributed by atoms with Crippen LogP contribution in [0.4, 0.5) is 11.5 Å². The summed E-state index contributed by atoms with van der Waals surface area (Å²) in [5.41, 5.74) is 9.88. The molecule has 174 valence electrons. The molecule has 5 rings (SSSR count). The minimum atomic E-state index is -0.416. The Morgan fingerprint density at radius 2 is 1.80 bits per heavy atom. The van der Waals surface area contributed by atoms with E-state index < -0.39 is 5.91 Å². The molecule has 2 aromatic heterocycles. The number of aromatic hydroxyl groups is 1. The summed E-state index contributed by atoms with van der Waals surface area (Å²) in [6.45, 7) is 2.24. The predicted octanol–water partition coefficient (Wildman–Crippen LogP) is 4.41. The number of carbonyl (C=O) groups is 1. The zero-order chi connectivity index (χ0) is 24.4. The number of phenols is 1. The van der Waals surface area contributed by atoms with E-state index in [0.717, 1.165) is 0 Å². The standard InChI is InChI=1S/C26H22N6O3/c1-2-35-21-14-16(12-13-20(21)33)15-28-32-24(27)22(26(34)29-17-8-4-3-5-9-17)23-25(32)31-19-11-7-6-10-18(19)30-23/h3-15,33H,2,27H2,1H3,(H,29,34)/b28-15+. The minimum Gasteiger partial charge on any atom is -0.504 e. The minimum absolute atomic E-state index is 0.0344. The topological polar surface area (TPSA) is 128 Å². The number of ether oxygens (including phenoxy) is 1. The largest absolute Gasteiger partial charge is 0.504 e. The lowest BCUT2D eigenvalue weighted by Gasteiger charge is -2.06. The van der Waals surface area contributed by atoms with E-state index in [1.165, 1.54) is 10.7 Å². The van der Waals surface area contributed by atoms with Gasteiger partial charge in [0.05, 0.1) is 23.9 Å². The van der Waals surface area contributed by atoms with Gasteiger partial charge >= 0.3 is 0 Å². The van der Waals surface area contributed by atoms with Crippen LogP contribution in [0.3, 0.4) is 0 Å². The highest BCUT2D eigenvalue weighted by atomic mass is 16.5. The van der Waals surface area contributed by atoms with Crippen LogP contribution in [0.5, 0.6) is 11.5 Å². The summed E-state index contributed by atoms with van der Waals surface area (Å²) >= 11 is 0. The number of para-hydroxylation sites is 3. The van der Waals surface area contributed by atoms with E-state index in [2.05, 4.69) is 20.4 Å². The Bertz CT molecular complexity index is 1580. The molecule has 1 amide bonds. The molecular weight excluding hydrogens is 444 g/mol. The molecule has 0 aliphatic heterocycles. The summed E-state index contributed by atoms with van der Waals surface area (Å²) in [6, 6.07) is 21.3. The molecule has 0 atom stereocenters. The Kier molecular flexibility index (Phi) is 5.72. The number of amides is 1. The van der Waals surface area contributed by atoms with Crippen molar-refractivity contribution in [1.29, 1.82) is 0 Å². The third kappa shape index (κ3) is 4.22. The van der Waals surface area contributed by atoms with Crippen molar-refractivity contribution in [3.8, 4) is 11.5 Å². The molecule has 0 saturated heterocycles. The van der Waals surface area contributed by atoms with Crippen molar-refractivity contribution in [2.45, 2.75) is 6.92 Å². The monoisotopic (exact) mass is 466 g/mol. The van der Waals surface area contributed by atoms with E-state index in [9.17, 15) is 9.90 Å². The lowest BCUT2D eigenvalue weighted by atomic mass is 10.2. The molecule has 9 nitrogen and oxygen atoms in total. The van der Waals surface area contributed by atoms with E-state index in [4.69, 9.17) is 10.5 Å². The molecule has 5 aromatic rings. The second kappa shape index (κ2) is 9.14. The fourth-order valence-corrected chi connectivity index (χ4v) is 3.71. The van der Waals surface area contributed by atoms with Gasteiger partial charge in [-0.25, -0.2) is 9.97 Å². The summed E-state index contributed by atoms with van der Waals surface area (Å²) < 4.78 is 6.84. The smallest absolute Gasteiger partial charge is 0.261 e. The first-order chi connectivity index (χ1) is 17.0. The summed E-state index contributed by atoms with van der Waals surface area (Å²) in [4.78, 5) is 22.6. The summed E-state index contributed by atoms with van der Waals surface area (Å²) in [6.07, 6.45) is 1.55. The molecule has 0 unspecified atom stereocenters. The molecule has 0 aliphatic carbocycles. The van der Waals surface area contributed by atoms with Gasteiger partial charge in [-0.1, -0.05) is 30.3 Å². The molecule has 4 N–H and O–H groups in total. The number of hydrogen-bond donors (Lipinski definition) is 3. The zero-order valence-corrected chi connectivity index (χ0v) is 18.8. The third-order valence-corrected chi connectivity index (χ3v) is 5.34. The van der Waals surface area contributed by atoms with Crippen LogP contribution >= 0.6 is 0 Å². The summed E-state index contributed by atoms with van der Waals surface area (Å²) in [5.74, 6) is 0.0620. The second-order valence-corrected chi connectivity index (χ2v) is 7.68. The number of carbonyl (C=O) groups excluding carboxylic acids is 1. The van der Waals surface area contributed by atoms with Crippen LogP contribution in [0.15, 0.2) is 77.9 Å². The molecule has 0 bridgehead atoms. The predicted molar refractivity (Wildman–Crippen MR) is 136 cm³/mol. The van der Waals surface area contributed by atoms with Gasteiger partial charge in [0.2, 0.25) is 0 Å². The second-order valence-electron chi connectivity index (χ2n) is 7.68. The Hall–Kier alpha value is -4.92. The molecular formula is C26H22N6O3. The number of benzene rings is 3. The number of hydrogen-bond acceptors (Lipinski definition) is 7. The van der Waals surface area contributed by atoms with E-state index in [0.29, 0.717) is 45.8 Å². The number of fused-ring (bicyclic) bond motifs is 2. The van der Waals surface area contributed by atoms with Gasteiger partial charge in [-0.3, -0.25) is 4.79 Å². The quantitative estimate of drug-likeness (QED) is 0.318. The lowest BCUT2D eigenvalue weighted by molar-refractivity contribution is 0.102. The molecule has 0 saturated carbocycles. The summed E-state index contributed by atoms with van der Waals surface area (Å²) in [5, 5.41) is 17.3. The van der Waals surface area contributed by atoms with Crippen molar-refractivity contribution in [1.82, 2.24) is 14.6 Å². The van der Waals surface area contributed by atoms with Gasteiger partial charge in [0.1, 0.15) is 16.9 Å². The number of aromatic nitrogens is 3. The maximum absolute atomic E-state index is 13.3.